The number of para-hydroxylation sites is 1. The average molecular weight is 304 g/mol. The van der Waals surface area contributed by atoms with Crippen LogP contribution in [0, 0.1) is 6.92 Å². The second kappa shape index (κ2) is 7.25. The molecule has 0 saturated carbocycles. The summed E-state index contributed by atoms with van der Waals surface area (Å²) in [5.74, 6) is 0.441. The molecule has 122 valence electrons. The fraction of sp³-hybridized carbons (Fsp3) is 0.611. The molecule has 1 heterocycles. The largest absolute Gasteiger partial charge is 0.373 e. The number of nitrogens with zero attached hydrogens (tertiary/aromatic N) is 1. The van der Waals surface area contributed by atoms with E-state index in [0.717, 1.165) is 24.3 Å². The van der Waals surface area contributed by atoms with Gasteiger partial charge in [0.05, 0.1) is 18.8 Å². The van der Waals surface area contributed by atoms with Crippen molar-refractivity contribution in [2.75, 3.05) is 25.0 Å². The van der Waals surface area contributed by atoms with Crippen molar-refractivity contribution in [1.29, 1.82) is 0 Å². The molecule has 0 spiro atoms. The number of morpholine rings is 1. The zero-order valence-corrected chi connectivity index (χ0v) is 14.3. The Morgan fingerprint density at radius 1 is 1.32 bits per heavy atom. The Hall–Kier alpha value is -1.39. The predicted molar refractivity (Wildman–Crippen MR) is 90.3 cm³/mol. The first kappa shape index (κ1) is 17.0. The van der Waals surface area contributed by atoms with Crippen LogP contribution in [0.5, 0.6) is 0 Å². The Balaban J connectivity index is 2.03. The van der Waals surface area contributed by atoms with Gasteiger partial charge in [-0.25, -0.2) is 0 Å². The van der Waals surface area contributed by atoms with Crippen molar-refractivity contribution >= 4 is 11.6 Å². The van der Waals surface area contributed by atoms with E-state index >= 15 is 0 Å². The molecule has 1 aliphatic heterocycles. The molecule has 1 saturated heterocycles. The van der Waals surface area contributed by atoms with Crippen LogP contribution in [0.15, 0.2) is 18.2 Å². The number of anilines is 1. The van der Waals surface area contributed by atoms with Crippen LogP contribution in [0.4, 0.5) is 5.69 Å². The molecule has 1 aromatic carbocycles. The number of ether oxygens (including phenoxy) is 1. The summed E-state index contributed by atoms with van der Waals surface area (Å²) < 4.78 is 5.71. The first-order chi connectivity index (χ1) is 10.4. The van der Waals surface area contributed by atoms with Crippen LogP contribution < -0.4 is 5.32 Å². The van der Waals surface area contributed by atoms with Gasteiger partial charge in [0.1, 0.15) is 0 Å². The van der Waals surface area contributed by atoms with Gasteiger partial charge in [-0.15, -0.1) is 0 Å². The van der Waals surface area contributed by atoms with Crippen molar-refractivity contribution < 1.29 is 9.53 Å². The maximum Gasteiger partial charge on any atom is 0.238 e. The lowest BCUT2D eigenvalue weighted by Gasteiger charge is -2.34. The van der Waals surface area contributed by atoms with Crippen LogP contribution in [-0.2, 0) is 9.53 Å². The molecule has 0 unspecified atom stereocenters. The summed E-state index contributed by atoms with van der Waals surface area (Å²) in [6.07, 6.45) is 0.363. The Morgan fingerprint density at radius 2 is 1.95 bits per heavy atom. The van der Waals surface area contributed by atoms with Crippen molar-refractivity contribution in [2.24, 2.45) is 0 Å². The maximum atomic E-state index is 12.4. The lowest BCUT2D eigenvalue weighted by atomic mass is 9.98. The monoisotopic (exact) mass is 304 g/mol. The van der Waals surface area contributed by atoms with Gasteiger partial charge in [-0.3, -0.25) is 9.69 Å². The van der Waals surface area contributed by atoms with Crippen molar-refractivity contribution in [3.63, 3.8) is 0 Å². The SMILES string of the molecule is Cc1cccc(C(C)C)c1NC(=O)CN1C[C@@H](C)O[C@@H](C)C1. The van der Waals surface area contributed by atoms with E-state index in [0.29, 0.717) is 12.5 Å². The Kier molecular flexibility index (Phi) is 5.59. The summed E-state index contributed by atoms with van der Waals surface area (Å²) in [7, 11) is 0. The van der Waals surface area contributed by atoms with Gasteiger partial charge < -0.3 is 10.1 Å². The number of carbonyl (C=O) groups is 1. The minimum atomic E-state index is 0.0532. The van der Waals surface area contributed by atoms with Gasteiger partial charge in [0, 0.05) is 18.8 Å². The molecule has 1 aliphatic rings. The van der Waals surface area contributed by atoms with E-state index in [-0.39, 0.29) is 18.1 Å². The maximum absolute atomic E-state index is 12.4. The van der Waals surface area contributed by atoms with Crippen LogP contribution in [0.25, 0.3) is 0 Å². The highest BCUT2D eigenvalue weighted by molar-refractivity contribution is 5.93. The van der Waals surface area contributed by atoms with Crippen LogP contribution >= 0.6 is 0 Å². The molecule has 1 N–H and O–H groups in total. The van der Waals surface area contributed by atoms with Crippen molar-refractivity contribution in [3.05, 3.63) is 29.3 Å². The first-order valence-electron chi connectivity index (χ1n) is 8.14. The summed E-state index contributed by atoms with van der Waals surface area (Å²) in [4.78, 5) is 14.6. The Labute approximate surface area is 133 Å². The minimum Gasteiger partial charge on any atom is -0.373 e. The quantitative estimate of drug-likeness (QED) is 0.929. The third-order valence-electron chi connectivity index (χ3n) is 4.05. The van der Waals surface area contributed by atoms with Crippen LogP contribution in [-0.4, -0.2) is 42.6 Å². The third-order valence-corrected chi connectivity index (χ3v) is 4.05. The molecule has 1 amide bonds. The number of nitrogens with one attached hydrogen (secondary N) is 1. The topological polar surface area (TPSA) is 41.6 Å². The van der Waals surface area contributed by atoms with E-state index in [1.807, 2.05) is 19.1 Å². The molecule has 0 bridgehead atoms. The zero-order valence-electron chi connectivity index (χ0n) is 14.3. The van der Waals surface area contributed by atoms with E-state index in [1.165, 1.54) is 5.56 Å². The van der Waals surface area contributed by atoms with Gasteiger partial charge in [-0.2, -0.15) is 0 Å². The Morgan fingerprint density at radius 3 is 2.55 bits per heavy atom. The number of hydrogen-bond donors (Lipinski definition) is 1. The van der Waals surface area contributed by atoms with Crippen molar-refractivity contribution in [1.82, 2.24) is 4.90 Å². The summed E-state index contributed by atoms with van der Waals surface area (Å²) in [5, 5.41) is 3.12. The van der Waals surface area contributed by atoms with Crippen LogP contribution in [0.3, 0.4) is 0 Å². The summed E-state index contributed by atoms with van der Waals surface area (Å²) >= 11 is 0. The number of carbonyl (C=O) groups excluding carboxylic acids is 1. The molecular formula is C18H28N2O2. The van der Waals surface area contributed by atoms with Crippen molar-refractivity contribution in [3.8, 4) is 0 Å². The van der Waals surface area contributed by atoms with E-state index < -0.39 is 0 Å². The first-order valence-corrected chi connectivity index (χ1v) is 8.14. The summed E-state index contributed by atoms with van der Waals surface area (Å²) in [5.41, 5.74) is 3.28. The molecule has 0 aliphatic carbocycles. The van der Waals surface area contributed by atoms with Gasteiger partial charge in [-0.1, -0.05) is 32.0 Å². The normalized spacial score (nSPS) is 22.8. The molecule has 0 radical (unpaired) electrons. The zero-order chi connectivity index (χ0) is 16.3. The molecule has 1 aromatic rings. The Bertz CT molecular complexity index is 518. The second-order valence-electron chi connectivity index (χ2n) is 6.69. The molecular weight excluding hydrogens is 276 g/mol. The molecule has 4 nitrogen and oxygen atoms in total. The van der Waals surface area contributed by atoms with E-state index in [2.05, 4.69) is 44.0 Å². The number of rotatable bonds is 4. The van der Waals surface area contributed by atoms with Crippen LogP contribution in [0.1, 0.15) is 44.7 Å². The van der Waals surface area contributed by atoms with Crippen LogP contribution in [0.2, 0.25) is 0 Å². The number of hydrogen-bond acceptors (Lipinski definition) is 3. The minimum absolute atomic E-state index is 0.0532. The molecule has 0 aromatic heterocycles. The highest BCUT2D eigenvalue weighted by atomic mass is 16.5. The van der Waals surface area contributed by atoms with Gasteiger partial charge in [0.15, 0.2) is 0 Å². The fourth-order valence-electron chi connectivity index (χ4n) is 3.14. The summed E-state index contributed by atoms with van der Waals surface area (Å²) in [6, 6.07) is 6.18. The second-order valence-corrected chi connectivity index (χ2v) is 6.69. The standard InChI is InChI=1S/C18H28N2O2/c1-12(2)16-8-6-7-13(3)18(16)19-17(21)11-20-9-14(4)22-15(5)10-20/h6-8,12,14-15H,9-11H2,1-5H3,(H,19,21)/t14-,15+. The smallest absolute Gasteiger partial charge is 0.238 e. The average Bonchev–Trinajstić information content (AvgIpc) is 2.39. The lowest BCUT2D eigenvalue weighted by Crippen LogP contribution is -2.48. The lowest BCUT2D eigenvalue weighted by molar-refractivity contribution is -0.121. The van der Waals surface area contributed by atoms with E-state index in [4.69, 9.17) is 4.74 Å². The number of aryl methyl sites for hydroxylation is 1. The van der Waals surface area contributed by atoms with Gasteiger partial charge in [-0.05, 0) is 37.8 Å². The predicted octanol–water partition coefficient (Wildman–Crippen LogP) is 3.17. The number of benzene rings is 1. The molecule has 22 heavy (non-hydrogen) atoms. The molecule has 1 fully saturated rings. The highest BCUT2D eigenvalue weighted by Gasteiger charge is 2.24. The van der Waals surface area contributed by atoms with E-state index in [1.54, 1.807) is 0 Å². The molecule has 4 heteroatoms. The summed E-state index contributed by atoms with van der Waals surface area (Å²) in [6.45, 7) is 12.5. The van der Waals surface area contributed by atoms with Crippen molar-refractivity contribution in [2.45, 2.75) is 52.7 Å². The number of amides is 1. The third kappa shape index (κ3) is 4.31. The molecule has 2 atom stereocenters. The van der Waals surface area contributed by atoms with Gasteiger partial charge in [0.2, 0.25) is 5.91 Å². The highest BCUT2D eigenvalue weighted by Crippen LogP contribution is 2.27. The molecule has 2 rings (SSSR count). The van der Waals surface area contributed by atoms with Gasteiger partial charge >= 0.3 is 0 Å². The van der Waals surface area contributed by atoms with E-state index in [9.17, 15) is 4.79 Å². The van der Waals surface area contributed by atoms with Gasteiger partial charge in [0.25, 0.3) is 0 Å². The fourth-order valence-corrected chi connectivity index (χ4v) is 3.14.